The molecule has 3 heterocycles. The normalized spacial score (nSPS) is 10.8. The predicted molar refractivity (Wildman–Crippen MR) is 121 cm³/mol. The molecule has 8 heteroatoms. The topological polar surface area (TPSA) is 96.7 Å². The van der Waals surface area contributed by atoms with Crippen molar-refractivity contribution in [3.05, 3.63) is 108 Å². The number of aromatic nitrogens is 4. The minimum atomic E-state index is -0.307. The van der Waals surface area contributed by atoms with Gasteiger partial charge in [0.2, 0.25) is 11.7 Å². The second-order valence-corrected chi connectivity index (χ2v) is 7.34. The van der Waals surface area contributed by atoms with Crippen LogP contribution in [0.3, 0.4) is 0 Å². The lowest BCUT2D eigenvalue weighted by Gasteiger charge is -2.09. The van der Waals surface area contributed by atoms with E-state index in [-0.39, 0.29) is 11.7 Å². The van der Waals surface area contributed by atoms with Gasteiger partial charge >= 0.3 is 0 Å². The van der Waals surface area contributed by atoms with E-state index in [1.807, 2.05) is 24.3 Å². The second kappa shape index (κ2) is 8.88. The third-order valence-corrected chi connectivity index (χ3v) is 5.12. The van der Waals surface area contributed by atoms with Crippen molar-refractivity contribution in [2.45, 2.75) is 6.42 Å². The van der Waals surface area contributed by atoms with Crippen molar-refractivity contribution >= 4 is 11.6 Å². The molecule has 0 aliphatic heterocycles. The van der Waals surface area contributed by atoms with Crippen LogP contribution in [0.1, 0.15) is 21.9 Å². The number of halogens is 1. The van der Waals surface area contributed by atoms with Crippen molar-refractivity contribution in [2.75, 3.05) is 5.32 Å². The van der Waals surface area contributed by atoms with Gasteiger partial charge in [0, 0.05) is 29.8 Å². The van der Waals surface area contributed by atoms with Crippen LogP contribution in [0.25, 0.3) is 22.5 Å². The molecule has 33 heavy (non-hydrogen) atoms. The van der Waals surface area contributed by atoms with Crippen LogP contribution < -0.4 is 5.32 Å². The molecular formula is C25H18FN5O2. The fourth-order valence-electron chi connectivity index (χ4n) is 3.43. The number of nitrogens with zero attached hydrogens (tertiary/aromatic N) is 3. The summed E-state index contributed by atoms with van der Waals surface area (Å²) in [5.41, 5.74) is 4.29. The average molecular weight is 439 g/mol. The number of nitrogens with one attached hydrogen (secondary N) is 2. The molecule has 7 nitrogen and oxygen atoms in total. The fourth-order valence-corrected chi connectivity index (χ4v) is 3.43. The third-order valence-electron chi connectivity index (χ3n) is 5.12. The zero-order valence-corrected chi connectivity index (χ0v) is 17.3. The number of carbonyl (C=O) groups excluding carboxylic acids is 1. The number of hydrogen-bond donors (Lipinski definition) is 2. The highest BCUT2D eigenvalue weighted by Crippen LogP contribution is 2.23. The Morgan fingerprint density at radius 1 is 0.970 bits per heavy atom. The summed E-state index contributed by atoms with van der Waals surface area (Å²) in [6.07, 6.45) is 5.41. The van der Waals surface area contributed by atoms with Gasteiger partial charge in [0.25, 0.3) is 5.91 Å². The van der Waals surface area contributed by atoms with Gasteiger partial charge in [-0.3, -0.25) is 9.78 Å². The molecule has 0 fully saturated rings. The van der Waals surface area contributed by atoms with E-state index >= 15 is 0 Å². The van der Waals surface area contributed by atoms with E-state index < -0.39 is 0 Å². The minimum absolute atomic E-state index is 0.293. The van der Waals surface area contributed by atoms with E-state index in [1.54, 1.807) is 48.9 Å². The zero-order valence-electron chi connectivity index (χ0n) is 17.3. The first kappa shape index (κ1) is 20.3. The molecule has 1 amide bonds. The lowest BCUT2D eigenvalue weighted by atomic mass is 10.1. The highest BCUT2D eigenvalue weighted by molar-refractivity contribution is 6.04. The van der Waals surface area contributed by atoms with Crippen molar-refractivity contribution in [3.8, 4) is 22.5 Å². The van der Waals surface area contributed by atoms with Crippen molar-refractivity contribution < 1.29 is 13.7 Å². The molecule has 0 atom stereocenters. The van der Waals surface area contributed by atoms with E-state index in [2.05, 4.69) is 25.4 Å². The van der Waals surface area contributed by atoms with Crippen LogP contribution in [-0.4, -0.2) is 26.0 Å². The number of benzene rings is 2. The Hall–Kier alpha value is -4.59. The Morgan fingerprint density at radius 3 is 2.58 bits per heavy atom. The summed E-state index contributed by atoms with van der Waals surface area (Å²) in [7, 11) is 0. The SMILES string of the molecule is O=C(Nc1ccccc1Cc1nc(-c2ccncc2)no1)c1cc(-c2ccc(F)cc2)c[nH]1. The molecular weight excluding hydrogens is 421 g/mol. The van der Waals surface area contributed by atoms with Gasteiger partial charge in [0.05, 0.1) is 6.42 Å². The van der Waals surface area contributed by atoms with Crippen LogP contribution in [0, 0.1) is 5.82 Å². The Balaban J connectivity index is 1.32. The first-order chi connectivity index (χ1) is 16.2. The summed E-state index contributed by atoms with van der Waals surface area (Å²) < 4.78 is 18.6. The molecule has 0 bridgehead atoms. The van der Waals surface area contributed by atoms with Gasteiger partial charge < -0.3 is 14.8 Å². The van der Waals surface area contributed by atoms with E-state index in [1.165, 1.54) is 12.1 Å². The van der Waals surface area contributed by atoms with Crippen LogP contribution >= 0.6 is 0 Å². The number of aromatic amines is 1. The lowest BCUT2D eigenvalue weighted by Crippen LogP contribution is -2.13. The number of anilines is 1. The molecule has 0 aliphatic rings. The Morgan fingerprint density at radius 2 is 1.76 bits per heavy atom. The predicted octanol–water partition coefficient (Wildman–Crippen LogP) is 5.11. The second-order valence-electron chi connectivity index (χ2n) is 7.34. The highest BCUT2D eigenvalue weighted by Gasteiger charge is 2.15. The van der Waals surface area contributed by atoms with Crippen molar-refractivity contribution in [3.63, 3.8) is 0 Å². The maximum atomic E-state index is 13.2. The van der Waals surface area contributed by atoms with E-state index in [0.717, 1.165) is 22.3 Å². The fraction of sp³-hybridized carbons (Fsp3) is 0.0400. The van der Waals surface area contributed by atoms with Gasteiger partial charge in [-0.05, 0) is 53.1 Å². The number of amides is 1. The summed E-state index contributed by atoms with van der Waals surface area (Å²) in [6, 6.07) is 18.9. The number of pyridine rings is 1. The standard InChI is InChI=1S/C25H18FN5O2/c26-20-7-5-16(6-8-20)19-13-22(28-15-19)25(32)29-21-4-2-1-3-18(21)14-23-30-24(31-33-23)17-9-11-27-12-10-17/h1-13,15,28H,14H2,(H,29,32). The quantitative estimate of drug-likeness (QED) is 0.383. The molecule has 0 saturated heterocycles. The molecule has 0 radical (unpaired) electrons. The Labute approximate surface area is 188 Å². The van der Waals surface area contributed by atoms with Gasteiger partial charge in [-0.15, -0.1) is 0 Å². The highest BCUT2D eigenvalue weighted by atomic mass is 19.1. The van der Waals surface area contributed by atoms with Crippen molar-refractivity contribution in [1.29, 1.82) is 0 Å². The van der Waals surface area contributed by atoms with Crippen molar-refractivity contribution in [1.82, 2.24) is 20.1 Å². The van der Waals surface area contributed by atoms with Gasteiger partial charge in [-0.25, -0.2) is 4.39 Å². The maximum Gasteiger partial charge on any atom is 0.272 e. The summed E-state index contributed by atoms with van der Waals surface area (Å²) in [5.74, 6) is 0.312. The smallest absolute Gasteiger partial charge is 0.272 e. The van der Waals surface area contributed by atoms with E-state index in [4.69, 9.17) is 4.52 Å². The van der Waals surface area contributed by atoms with E-state index in [0.29, 0.717) is 29.5 Å². The third kappa shape index (κ3) is 4.54. The number of H-pyrrole nitrogens is 1. The van der Waals surface area contributed by atoms with E-state index in [9.17, 15) is 9.18 Å². The molecule has 3 aromatic heterocycles. The molecule has 5 aromatic rings. The zero-order chi connectivity index (χ0) is 22.6. The number of rotatable bonds is 6. The molecule has 0 unspecified atom stereocenters. The largest absolute Gasteiger partial charge is 0.357 e. The number of para-hydroxylation sites is 1. The van der Waals surface area contributed by atoms with Crippen LogP contribution in [-0.2, 0) is 6.42 Å². The van der Waals surface area contributed by atoms with Gasteiger partial charge in [-0.2, -0.15) is 4.98 Å². The van der Waals surface area contributed by atoms with Crippen LogP contribution in [0.4, 0.5) is 10.1 Å². The van der Waals surface area contributed by atoms with Crippen molar-refractivity contribution in [2.24, 2.45) is 0 Å². The maximum absolute atomic E-state index is 13.2. The molecule has 0 spiro atoms. The molecule has 5 rings (SSSR count). The van der Waals surface area contributed by atoms with Crippen LogP contribution in [0.5, 0.6) is 0 Å². The Kier molecular flexibility index (Phi) is 5.47. The van der Waals surface area contributed by atoms with Gasteiger partial charge in [0.15, 0.2) is 0 Å². The number of carbonyl (C=O) groups is 1. The molecule has 162 valence electrons. The summed E-state index contributed by atoms with van der Waals surface area (Å²) in [4.78, 5) is 24.3. The summed E-state index contributed by atoms with van der Waals surface area (Å²) in [6.45, 7) is 0. The number of hydrogen-bond acceptors (Lipinski definition) is 5. The van der Waals surface area contributed by atoms with Gasteiger partial charge in [-0.1, -0.05) is 35.5 Å². The lowest BCUT2D eigenvalue weighted by molar-refractivity contribution is 0.102. The monoisotopic (exact) mass is 439 g/mol. The first-order valence-electron chi connectivity index (χ1n) is 10.2. The average Bonchev–Trinajstić information content (AvgIpc) is 3.52. The Bertz CT molecular complexity index is 1390. The first-order valence-corrected chi connectivity index (χ1v) is 10.2. The molecule has 2 N–H and O–H groups in total. The van der Waals surface area contributed by atoms with Gasteiger partial charge in [0.1, 0.15) is 11.5 Å². The summed E-state index contributed by atoms with van der Waals surface area (Å²) in [5, 5.41) is 6.96. The molecule has 0 aliphatic carbocycles. The van der Waals surface area contributed by atoms with Crippen LogP contribution in [0.2, 0.25) is 0 Å². The minimum Gasteiger partial charge on any atom is -0.357 e. The molecule has 0 saturated carbocycles. The van der Waals surface area contributed by atoms with Crippen LogP contribution in [0.15, 0.2) is 89.8 Å². The summed E-state index contributed by atoms with van der Waals surface area (Å²) >= 11 is 0. The molecule has 2 aromatic carbocycles.